The van der Waals surface area contributed by atoms with E-state index < -0.39 is 0 Å². The summed E-state index contributed by atoms with van der Waals surface area (Å²) in [6.07, 6.45) is 1.80. The normalized spacial score (nSPS) is 10.8. The van der Waals surface area contributed by atoms with Gasteiger partial charge in [-0.3, -0.25) is 4.98 Å². The molecule has 17 heavy (non-hydrogen) atoms. The second-order valence-electron chi connectivity index (χ2n) is 4.11. The first-order valence-electron chi connectivity index (χ1n) is 5.59. The molecule has 4 nitrogen and oxygen atoms in total. The molecule has 0 aliphatic heterocycles. The van der Waals surface area contributed by atoms with Crippen LogP contribution in [0, 0.1) is 20.8 Å². The van der Waals surface area contributed by atoms with E-state index in [0.29, 0.717) is 6.73 Å². The van der Waals surface area contributed by atoms with Gasteiger partial charge in [0.2, 0.25) is 0 Å². The highest BCUT2D eigenvalue weighted by atomic mass is 16.5. The average Bonchev–Trinajstić information content (AvgIpc) is 2.58. The lowest BCUT2D eigenvalue weighted by Crippen LogP contribution is -2.04. The van der Waals surface area contributed by atoms with E-state index in [-0.39, 0.29) is 0 Å². The predicted octanol–water partition coefficient (Wildman–Crippen LogP) is 2.47. The van der Waals surface area contributed by atoms with Crippen molar-refractivity contribution >= 4 is 0 Å². The van der Waals surface area contributed by atoms with Crippen LogP contribution < -0.4 is 0 Å². The van der Waals surface area contributed by atoms with Gasteiger partial charge >= 0.3 is 0 Å². The van der Waals surface area contributed by atoms with Crippen molar-refractivity contribution in [3.05, 3.63) is 35.4 Å². The molecule has 0 fully saturated rings. The molecule has 0 saturated carbocycles. The highest BCUT2D eigenvalue weighted by Crippen LogP contribution is 2.24. The van der Waals surface area contributed by atoms with Crippen molar-refractivity contribution in [2.45, 2.75) is 27.5 Å². The summed E-state index contributed by atoms with van der Waals surface area (Å²) in [4.78, 5) is 8.99. The van der Waals surface area contributed by atoms with Crippen LogP contribution in [0.3, 0.4) is 0 Å². The highest BCUT2D eigenvalue weighted by Gasteiger charge is 2.14. The van der Waals surface area contributed by atoms with Gasteiger partial charge in [0, 0.05) is 19.0 Å². The van der Waals surface area contributed by atoms with Crippen LogP contribution in [0.25, 0.3) is 11.4 Å². The summed E-state index contributed by atoms with van der Waals surface area (Å²) in [5, 5.41) is 0. The molecule has 0 unspecified atom stereocenters. The minimum atomic E-state index is 0.524. The number of hydrogen-bond donors (Lipinski definition) is 0. The molecule has 0 aliphatic rings. The van der Waals surface area contributed by atoms with Gasteiger partial charge in [-0.1, -0.05) is 6.07 Å². The fourth-order valence-electron chi connectivity index (χ4n) is 1.95. The Morgan fingerprint density at radius 3 is 2.65 bits per heavy atom. The maximum Gasteiger partial charge on any atom is 0.123 e. The van der Waals surface area contributed by atoms with Gasteiger partial charge in [-0.15, -0.1) is 0 Å². The van der Waals surface area contributed by atoms with Crippen LogP contribution in [0.1, 0.15) is 17.1 Å². The van der Waals surface area contributed by atoms with Crippen LogP contribution >= 0.6 is 0 Å². The zero-order chi connectivity index (χ0) is 12.4. The van der Waals surface area contributed by atoms with Crippen molar-refractivity contribution in [1.29, 1.82) is 0 Å². The van der Waals surface area contributed by atoms with E-state index >= 15 is 0 Å². The molecule has 0 N–H and O–H groups in total. The summed E-state index contributed by atoms with van der Waals surface area (Å²) in [5.41, 5.74) is 4.12. The average molecular weight is 231 g/mol. The number of rotatable bonds is 3. The second kappa shape index (κ2) is 4.67. The zero-order valence-corrected chi connectivity index (χ0v) is 10.7. The number of hydrogen-bond acceptors (Lipinski definition) is 3. The van der Waals surface area contributed by atoms with Crippen molar-refractivity contribution in [1.82, 2.24) is 14.5 Å². The maximum atomic E-state index is 5.17. The number of methoxy groups -OCH3 is 1. The Hall–Kier alpha value is -1.68. The van der Waals surface area contributed by atoms with Gasteiger partial charge < -0.3 is 9.30 Å². The maximum absolute atomic E-state index is 5.17. The number of nitrogens with zero attached hydrogens (tertiary/aromatic N) is 3. The van der Waals surface area contributed by atoms with Gasteiger partial charge in [-0.05, 0) is 32.4 Å². The van der Waals surface area contributed by atoms with Gasteiger partial charge in [-0.2, -0.15) is 0 Å². The number of imidazole rings is 1. The number of aromatic nitrogens is 3. The minimum Gasteiger partial charge on any atom is -0.364 e. The molecule has 0 spiro atoms. The van der Waals surface area contributed by atoms with E-state index in [4.69, 9.17) is 4.74 Å². The van der Waals surface area contributed by atoms with Crippen LogP contribution in [0.2, 0.25) is 0 Å². The van der Waals surface area contributed by atoms with Crippen molar-refractivity contribution in [3.63, 3.8) is 0 Å². The lowest BCUT2D eigenvalue weighted by Gasteiger charge is -2.06. The first-order valence-corrected chi connectivity index (χ1v) is 5.59. The van der Waals surface area contributed by atoms with E-state index in [1.807, 2.05) is 37.5 Å². The first-order chi connectivity index (χ1) is 8.15. The van der Waals surface area contributed by atoms with Crippen LogP contribution in [0.5, 0.6) is 0 Å². The summed E-state index contributed by atoms with van der Waals surface area (Å²) in [6, 6.07) is 3.99. The molecule has 0 aromatic carbocycles. The molecule has 2 rings (SSSR count). The van der Waals surface area contributed by atoms with E-state index in [1.54, 1.807) is 13.3 Å². The van der Waals surface area contributed by atoms with E-state index in [1.165, 1.54) is 0 Å². The van der Waals surface area contributed by atoms with Crippen molar-refractivity contribution in [2.24, 2.45) is 0 Å². The molecule has 90 valence electrons. The molecular weight excluding hydrogens is 214 g/mol. The third-order valence-corrected chi connectivity index (χ3v) is 2.90. The third kappa shape index (κ3) is 2.08. The Morgan fingerprint density at radius 1 is 1.24 bits per heavy atom. The molecule has 2 heterocycles. The van der Waals surface area contributed by atoms with Crippen molar-refractivity contribution in [2.75, 3.05) is 7.11 Å². The van der Waals surface area contributed by atoms with Crippen LogP contribution in [0.15, 0.2) is 18.3 Å². The quantitative estimate of drug-likeness (QED) is 0.814. The monoisotopic (exact) mass is 231 g/mol. The molecule has 0 radical (unpaired) electrons. The number of aryl methyl sites for hydroxylation is 2. The topological polar surface area (TPSA) is 39.9 Å². The Morgan fingerprint density at radius 2 is 2.00 bits per heavy atom. The van der Waals surface area contributed by atoms with Gasteiger partial charge in [0.15, 0.2) is 0 Å². The molecular formula is C13H17N3O. The molecule has 2 aromatic rings. The summed E-state index contributed by atoms with van der Waals surface area (Å²) >= 11 is 0. The lowest BCUT2D eigenvalue weighted by molar-refractivity contribution is 0.128. The number of ether oxygens (including phenoxy) is 1. The van der Waals surface area contributed by atoms with Crippen LogP contribution in [-0.4, -0.2) is 21.6 Å². The van der Waals surface area contributed by atoms with Gasteiger partial charge in [0.25, 0.3) is 0 Å². The predicted molar refractivity (Wildman–Crippen MR) is 66.7 cm³/mol. The van der Waals surface area contributed by atoms with Gasteiger partial charge in [0.05, 0.1) is 5.69 Å². The second-order valence-corrected chi connectivity index (χ2v) is 4.11. The molecule has 0 saturated heterocycles. The summed E-state index contributed by atoms with van der Waals surface area (Å²) in [5.74, 6) is 0.949. The van der Waals surface area contributed by atoms with E-state index in [2.05, 4.69) is 9.97 Å². The standard InChI is InChI=1S/C13H17N3O/c1-9-6-5-7-14-12(9)13-10(2)16(8-17-4)11(3)15-13/h5-7H,8H2,1-4H3. The summed E-state index contributed by atoms with van der Waals surface area (Å²) in [7, 11) is 1.69. The SMILES string of the molecule is COCn1c(C)nc(-c2ncccc2C)c1C. The van der Waals surface area contributed by atoms with Crippen LogP contribution in [0.4, 0.5) is 0 Å². The first kappa shape index (κ1) is 11.8. The molecule has 0 atom stereocenters. The van der Waals surface area contributed by atoms with E-state index in [9.17, 15) is 0 Å². The minimum absolute atomic E-state index is 0.524. The number of pyridine rings is 1. The zero-order valence-electron chi connectivity index (χ0n) is 10.7. The highest BCUT2D eigenvalue weighted by molar-refractivity contribution is 5.61. The molecule has 0 bridgehead atoms. The van der Waals surface area contributed by atoms with E-state index in [0.717, 1.165) is 28.5 Å². The van der Waals surface area contributed by atoms with Crippen LogP contribution in [-0.2, 0) is 11.5 Å². The Labute approximate surface area is 101 Å². The van der Waals surface area contributed by atoms with Crippen molar-refractivity contribution in [3.8, 4) is 11.4 Å². The molecule has 0 aliphatic carbocycles. The van der Waals surface area contributed by atoms with Gasteiger partial charge in [-0.25, -0.2) is 4.98 Å². The van der Waals surface area contributed by atoms with Crippen molar-refractivity contribution < 1.29 is 4.74 Å². The largest absolute Gasteiger partial charge is 0.364 e. The Balaban J connectivity index is 2.54. The fourth-order valence-corrected chi connectivity index (χ4v) is 1.95. The molecule has 4 heteroatoms. The Kier molecular flexibility index (Phi) is 3.24. The lowest BCUT2D eigenvalue weighted by atomic mass is 10.1. The smallest absolute Gasteiger partial charge is 0.123 e. The molecule has 2 aromatic heterocycles. The van der Waals surface area contributed by atoms with Gasteiger partial charge in [0.1, 0.15) is 18.2 Å². The summed E-state index contributed by atoms with van der Waals surface area (Å²) in [6.45, 7) is 6.60. The molecule has 0 amide bonds. The fraction of sp³-hybridized carbons (Fsp3) is 0.385. The third-order valence-electron chi connectivity index (χ3n) is 2.90. The Bertz CT molecular complexity index is 531. The summed E-state index contributed by atoms with van der Waals surface area (Å²) < 4.78 is 7.22.